The number of hydrogen-bond acceptors (Lipinski definition) is 6. The molecule has 0 bridgehead atoms. The van der Waals surface area contributed by atoms with Crippen molar-refractivity contribution in [3.63, 3.8) is 0 Å². The average Bonchev–Trinajstić information content (AvgIpc) is 2.95. The maximum Gasteiger partial charge on any atom is 0.285 e. The lowest BCUT2D eigenvalue weighted by Gasteiger charge is -2.05. The third-order valence-corrected chi connectivity index (χ3v) is 7.41. The first-order chi connectivity index (χ1) is 13.1. The fourth-order valence-corrected chi connectivity index (χ4v) is 5.50. The highest BCUT2D eigenvalue weighted by Crippen LogP contribution is 2.22. The van der Waals surface area contributed by atoms with E-state index in [-0.39, 0.29) is 14.6 Å². The zero-order valence-electron chi connectivity index (χ0n) is 14.6. The second-order valence-electron chi connectivity index (χ2n) is 5.72. The van der Waals surface area contributed by atoms with E-state index in [0.29, 0.717) is 28.4 Å². The lowest BCUT2D eigenvalue weighted by Crippen LogP contribution is -2.19. The fraction of sp³-hybridized carbons (Fsp3) is 0.188. The van der Waals surface area contributed by atoms with E-state index in [2.05, 4.69) is 4.40 Å². The van der Waals surface area contributed by atoms with Crippen molar-refractivity contribution >= 4 is 53.2 Å². The van der Waals surface area contributed by atoms with Crippen molar-refractivity contribution in [1.29, 1.82) is 0 Å². The topological polar surface area (TPSA) is 121 Å². The van der Waals surface area contributed by atoms with Crippen LogP contribution in [0, 0.1) is 0 Å². The summed E-state index contributed by atoms with van der Waals surface area (Å²) in [6, 6.07) is 9.99. The van der Waals surface area contributed by atoms with Gasteiger partial charge in [-0.3, -0.25) is 0 Å². The zero-order valence-corrected chi connectivity index (χ0v) is 17.8. The molecule has 0 aliphatic heterocycles. The maximum atomic E-state index is 12.7. The van der Waals surface area contributed by atoms with E-state index in [1.165, 1.54) is 43.5 Å². The summed E-state index contributed by atoms with van der Waals surface area (Å²) in [6.45, 7) is 0.650. The Bertz CT molecular complexity index is 1290. The van der Waals surface area contributed by atoms with Crippen molar-refractivity contribution in [2.24, 2.45) is 9.54 Å². The van der Waals surface area contributed by atoms with Gasteiger partial charge in [0.05, 0.1) is 26.6 Å². The van der Waals surface area contributed by atoms with Crippen molar-refractivity contribution in [3.05, 3.63) is 52.3 Å². The number of halogens is 1. The van der Waals surface area contributed by atoms with Crippen LogP contribution >= 0.6 is 22.9 Å². The molecule has 12 heteroatoms. The van der Waals surface area contributed by atoms with Crippen LogP contribution in [0.4, 0.5) is 0 Å². The molecule has 0 aliphatic carbocycles. The van der Waals surface area contributed by atoms with Crippen LogP contribution in [0.1, 0.15) is 0 Å². The van der Waals surface area contributed by atoms with E-state index in [1.54, 1.807) is 10.6 Å². The van der Waals surface area contributed by atoms with Crippen LogP contribution in [0.3, 0.4) is 0 Å². The molecule has 3 aromatic rings. The average molecular weight is 462 g/mol. The van der Waals surface area contributed by atoms with Gasteiger partial charge in [0.2, 0.25) is 14.8 Å². The predicted octanol–water partition coefficient (Wildman–Crippen LogP) is 1.94. The minimum absolute atomic E-state index is 0.00197. The lowest BCUT2D eigenvalue weighted by atomic mass is 10.3. The first-order valence-corrected chi connectivity index (χ1v) is 12.0. The Morgan fingerprint density at radius 3 is 2.36 bits per heavy atom. The van der Waals surface area contributed by atoms with E-state index >= 15 is 0 Å². The number of ether oxygens (including phenoxy) is 1. The standard InChI is InChI=1S/C16H16ClN3O5S3/c1-25-9-8-20-14-7-6-13(27(18,21)22)10-15(14)26-16(20)19-28(23,24)12-4-2-11(17)3-5-12/h2-7,10H,8-9H2,1H3,(H2,18,21,22)/b19-16-. The van der Waals surface area contributed by atoms with Crippen LogP contribution in [0.15, 0.2) is 56.7 Å². The van der Waals surface area contributed by atoms with Crippen LogP contribution in [-0.2, 0) is 31.3 Å². The minimum Gasteiger partial charge on any atom is -0.383 e. The number of hydrogen-bond donors (Lipinski definition) is 1. The Hall–Kier alpha value is -1.76. The number of aromatic nitrogens is 1. The highest BCUT2D eigenvalue weighted by Gasteiger charge is 2.16. The molecule has 0 atom stereocenters. The van der Waals surface area contributed by atoms with Gasteiger partial charge in [0, 0.05) is 18.7 Å². The first kappa shape index (κ1) is 21.0. The molecule has 0 radical (unpaired) electrons. The third-order valence-electron chi connectivity index (χ3n) is 3.81. The SMILES string of the molecule is COCCn1/c(=N/S(=O)(=O)c2ccc(Cl)cc2)sc2cc(S(N)(=O)=O)ccc21. The monoisotopic (exact) mass is 461 g/mol. The molecule has 0 unspecified atom stereocenters. The van der Waals surface area contributed by atoms with Crippen LogP contribution in [0.2, 0.25) is 5.02 Å². The Labute approximate surface area is 171 Å². The summed E-state index contributed by atoms with van der Waals surface area (Å²) in [4.78, 5) is 0.124. The van der Waals surface area contributed by atoms with E-state index in [1.807, 2.05) is 0 Å². The summed E-state index contributed by atoms with van der Waals surface area (Å²) in [7, 11) is -6.35. The number of sulfonamides is 2. The molecule has 0 fully saturated rings. The van der Waals surface area contributed by atoms with Gasteiger partial charge in [-0.05, 0) is 42.5 Å². The normalized spacial score (nSPS) is 13.3. The number of thiazole rings is 1. The predicted molar refractivity (Wildman–Crippen MR) is 107 cm³/mol. The van der Waals surface area contributed by atoms with E-state index in [0.717, 1.165) is 11.3 Å². The van der Waals surface area contributed by atoms with Gasteiger partial charge in [0.25, 0.3) is 10.0 Å². The van der Waals surface area contributed by atoms with Crippen LogP contribution in [0.25, 0.3) is 10.2 Å². The second-order valence-corrected chi connectivity index (χ2v) is 10.3. The molecule has 0 saturated carbocycles. The molecule has 8 nitrogen and oxygen atoms in total. The number of nitrogens with two attached hydrogens (primary N) is 1. The van der Waals surface area contributed by atoms with Gasteiger partial charge >= 0.3 is 0 Å². The van der Waals surface area contributed by atoms with E-state index in [4.69, 9.17) is 21.5 Å². The molecule has 1 aromatic heterocycles. The van der Waals surface area contributed by atoms with Gasteiger partial charge in [-0.25, -0.2) is 13.6 Å². The van der Waals surface area contributed by atoms with Crippen molar-refractivity contribution in [1.82, 2.24) is 4.57 Å². The molecule has 2 N–H and O–H groups in total. The maximum absolute atomic E-state index is 12.7. The molecule has 0 spiro atoms. The summed E-state index contributed by atoms with van der Waals surface area (Å²) < 4.78 is 59.8. The van der Waals surface area contributed by atoms with Crippen molar-refractivity contribution in [2.75, 3.05) is 13.7 Å². The summed E-state index contributed by atoms with van der Waals surface area (Å²) >= 11 is 6.85. The summed E-state index contributed by atoms with van der Waals surface area (Å²) in [6.07, 6.45) is 0. The van der Waals surface area contributed by atoms with Crippen LogP contribution < -0.4 is 9.94 Å². The Morgan fingerprint density at radius 2 is 1.75 bits per heavy atom. The van der Waals surface area contributed by atoms with E-state index < -0.39 is 20.0 Å². The lowest BCUT2D eigenvalue weighted by molar-refractivity contribution is 0.187. The van der Waals surface area contributed by atoms with Crippen LogP contribution in [0.5, 0.6) is 0 Å². The van der Waals surface area contributed by atoms with Gasteiger partial charge in [-0.1, -0.05) is 22.9 Å². The van der Waals surface area contributed by atoms with Gasteiger partial charge in [-0.2, -0.15) is 8.42 Å². The van der Waals surface area contributed by atoms with Gasteiger partial charge in [-0.15, -0.1) is 4.40 Å². The van der Waals surface area contributed by atoms with Crippen LogP contribution in [-0.4, -0.2) is 35.1 Å². The number of primary sulfonamides is 1. The summed E-state index contributed by atoms with van der Waals surface area (Å²) in [5.41, 5.74) is 0.625. The molecule has 3 rings (SSSR count). The highest BCUT2D eigenvalue weighted by molar-refractivity contribution is 7.90. The quantitative estimate of drug-likeness (QED) is 0.601. The molecule has 28 heavy (non-hydrogen) atoms. The molecular formula is C16H16ClN3O5S3. The van der Waals surface area contributed by atoms with Gasteiger partial charge < -0.3 is 9.30 Å². The molecule has 150 valence electrons. The molecule has 0 saturated heterocycles. The number of fused-ring (bicyclic) bond motifs is 1. The largest absolute Gasteiger partial charge is 0.383 e. The molecule has 0 aliphatic rings. The smallest absolute Gasteiger partial charge is 0.285 e. The zero-order chi connectivity index (χ0) is 20.5. The number of rotatable bonds is 6. The third kappa shape index (κ3) is 4.45. The number of nitrogens with zero attached hydrogens (tertiary/aromatic N) is 2. The van der Waals surface area contributed by atoms with Gasteiger partial charge in [0.15, 0.2) is 0 Å². The summed E-state index contributed by atoms with van der Waals surface area (Å²) in [5.74, 6) is 0. The fourth-order valence-electron chi connectivity index (χ4n) is 2.46. The number of benzene rings is 2. The number of methoxy groups -OCH3 is 1. The summed E-state index contributed by atoms with van der Waals surface area (Å²) in [5, 5.41) is 5.59. The molecule has 1 heterocycles. The minimum atomic E-state index is -3.99. The van der Waals surface area contributed by atoms with Crippen molar-refractivity contribution in [3.8, 4) is 0 Å². The molecular weight excluding hydrogens is 446 g/mol. The van der Waals surface area contributed by atoms with Crippen molar-refractivity contribution < 1.29 is 21.6 Å². The molecule has 2 aromatic carbocycles. The van der Waals surface area contributed by atoms with Crippen molar-refractivity contribution in [2.45, 2.75) is 16.3 Å². The van der Waals surface area contributed by atoms with Gasteiger partial charge in [0.1, 0.15) is 0 Å². The first-order valence-electron chi connectivity index (χ1n) is 7.83. The highest BCUT2D eigenvalue weighted by atomic mass is 35.5. The Morgan fingerprint density at radius 1 is 1.11 bits per heavy atom. The molecule has 0 amide bonds. The Balaban J connectivity index is 2.23. The Kier molecular flexibility index (Phi) is 5.94. The second kappa shape index (κ2) is 7.93. The van der Waals surface area contributed by atoms with E-state index in [9.17, 15) is 16.8 Å².